The molecular weight excluding hydrogens is 476 g/mol. The zero-order valence-corrected chi connectivity index (χ0v) is 20.0. The van der Waals surface area contributed by atoms with Crippen LogP contribution in [0.3, 0.4) is 0 Å². The van der Waals surface area contributed by atoms with Crippen LogP contribution in [-0.4, -0.2) is 46.9 Å². The molecule has 3 heterocycles. The topological polar surface area (TPSA) is 127 Å². The highest BCUT2D eigenvalue weighted by molar-refractivity contribution is 6.05. The molecular formula is C27H24N4O6. The Hall–Kier alpha value is -4.73. The number of carbonyl (C=O) groups excluding carboxylic acids is 4. The van der Waals surface area contributed by atoms with E-state index in [1.807, 2.05) is 24.3 Å². The van der Waals surface area contributed by atoms with Gasteiger partial charge in [0.1, 0.15) is 18.4 Å². The number of piperidine rings is 1. The van der Waals surface area contributed by atoms with Gasteiger partial charge in [0.15, 0.2) is 0 Å². The van der Waals surface area contributed by atoms with Crippen LogP contribution in [0.1, 0.15) is 34.3 Å². The van der Waals surface area contributed by atoms with E-state index < -0.39 is 18.0 Å². The van der Waals surface area contributed by atoms with Crippen molar-refractivity contribution < 1.29 is 28.7 Å². The molecule has 1 unspecified atom stereocenters. The minimum absolute atomic E-state index is 0.0441. The number of nitrogens with one attached hydrogen (secondary N) is 2. The summed E-state index contributed by atoms with van der Waals surface area (Å²) in [6.45, 7) is 0.247. The summed E-state index contributed by atoms with van der Waals surface area (Å²) in [6, 6.07) is 15.6. The quantitative estimate of drug-likeness (QED) is 0.498. The average Bonchev–Trinajstić information content (AvgIpc) is 3.23. The predicted molar refractivity (Wildman–Crippen MR) is 133 cm³/mol. The molecule has 4 amide bonds. The van der Waals surface area contributed by atoms with E-state index in [1.165, 1.54) is 11.1 Å². The van der Waals surface area contributed by atoms with E-state index in [9.17, 15) is 19.2 Å². The highest BCUT2D eigenvalue weighted by Gasteiger charge is 2.39. The van der Waals surface area contributed by atoms with E-state index in [-0.39, 0.29) is 24.8 Å². The second kappa shape index (κ2) is 10.1. The van der Waals surface area contributed by atoms with Gasteiger partial charge in [-0.1, -0.05) is 24.3 Å². The Morgan fingerprint density at radius 1 is 1.11 bits per heavy atom. The molecule has 10 heteroatoms. The lowest BCUT2D eigenvalue weighted by Crippen LogP contribution is -2.52. The number of rotatable bonds is 6. The summed E-state index contributed by atoms with van der Waals surface area (Å²) in [5, 5.41) is 4.92. The van der Waals surface area contributed by atoms with Crippen molar-refractivity contribution in [2.75, 3.05) is 12.4 Å². The Balaban J connectivity index is 1.18. The molecule has 2 aromatic carbocycles. The van der Waals surface area contributed by atoms with Crippen molar-refractivity contribution in [2.24, 2.45) is 0 Å². The van der Waals surface area contributed by atoms with E-state index in [1.54, 1.807) is 37.4 Å². The number of aromatic nitrogens is 1. The van der Waals surface area contributed by atoms with Crippen LogP contribution in [0, 0.1) is 0 Å². The first-order valence-corrected chi connectivity index (χ1v) is 11.7. The monoisotopic (exact) mass is 500 g/mol. The van der Waals surface area contributed by atoms with E-state index >= 15 is 0 Å². The van der Waals surface area contributed by atoms with Crippen LogP contribution in [0.25, 0.3) is 11.3 Å². The molecule has 3 aromatic rings. The van der Waals surface area contributed by atoms with Crippen molar-refractivity contribution in [1.29, 1.82) is 0 Å². The lowest BCUT2D eigenvalue weighted by molar-refractivity contribution is -0.136. The fourth-order valence-electron chi connectivity index (χ4n) is 4.48. The maximum Gasteiger partial charge on any atom is 0.412 e. The van der Waals surface area contributed by atoms with E-state index in [0.717, 1.165) is 11.1 Å². The minimum atomic E-state index is -0.675. The van der Waals surface area contributed by atoms with Gasteiger partial charge in [-0.25, -0.2) is 4.79 Å². The van der Waals surface area contributed by atoms with Gasteiger partial charge in [0.25, 0.3) is 5.91 Å². The molecule has 1 aromatic heterocycles. The smallest absolute Gasteiger partial charge is 0.412 e. The molecule has 5 rings (SSSR count). The third-order valence-electron chi connectivity index (χ3n) is 6.36. The molecule has 0 radical (unpaired) electrons. The van der Waals surface area contributed by atoms with Gasteiger partial charge in [0.05, 0.1) is 24.7 Å². The molecule has 2 aliphatic heterocycles. The summed E-state index contributed by atoms with van der Waals surface area (Å²) in [5.74, 6) is -0.366. The van der Waals surface area contributed by atoms with Crippen LogP contribution < -0.4 is 15.4 Å². The van der Waals surface area contributed by atoms with Gasteiger partial charge in [-0.3, -0.25) is 30.0 Å². The standard InChI is InChI=1S/C27H24N4O6/c1-36-23-5-3-2-4-19(23)21-9-8-18(13-28-21)29-27(35)37-15-16-6-7-17-14-31(26(34)20(17)12-16)22-10-11-24(32)30-25(22)33/h2-9,12-13,22H,10-11,14-15H2,1H3,(H,29,35)(H,30,32,33). The number of fused-ring (bicyclic) bond motifs is 1. The number of ether oxygens (including phenoxy) is 2. The van der Waals surface area contributed by atoms with Crippen molar-refractivity contribution in [3.05, 3.63) is 77.5 Å². The number of para-hydroxylation sites is 1. The van der Waals surface area contributed by atoms with Gasteiger partial charge in [0.2, 0.25) is 11.8 Å². The lowest BCUT2D eigenvalue weighted by atomic mass is 10.0. The van der Waals surface area contributed by atoms with Crippen LogP contribution in [-0.2, 0) is 27.5 Å². The lowest BCUT2D eigenvalue weighted by Gasteiger charge is -2.29. The van der Waals surface area contributed by atoms with E-state index in [0.29, 0.717) is 41.2 Å². The van der Waals surface area contributed by atoms with Crippen LogP contribution in [0.15, 0.2) is 60.8 Å². The number of methoxy groups -OCH3 is 1. The van der Waals surface area contributed by atoms with Gasteiger partial charge < -0.3 is 14.4 Å². The van der Waals surface area contributed by atoms with Crippen LogP contribution >= 0.6 is 0 Å². The Bertz CT molecular complexity index is 1390. The number of benzene rings is 2. The Morgan fingerprint density at radius 2 is 1.95 bits per heavy atom. The summed E-state index contributed by atoms with van der Waals surface area (Å²) in [5.41, 5.74) is 3.88. The Kier molecular flexibility index (Phi) is 6.55. The number of amides is 4. The van der Waals surface area contributed by atoms with Gasteiger partial charge in [-0.05, 0) is 47.9 Å². The normalized spacial score (nSPS) is 16.7. The minimum Gasteiger partial charge on any atom is -0.496 e. The molecule has 188 valence electrons. The van der Waals surface area contributed by atoms with Crippen LogP contribution in [0.2, 0.25) is 0 Å². The summed E-state index contributed by atoms with van der Waals surface area (Å²) in [4.78, 5) is 54.8. The first-order chi connectivity index (χ1) is 17.9. The zero-order chi connectivity index (χ0) is 25.9. The molecule has 1 saturated heterocycles. The highest BCUT2D eigenvalue weighted by Crippen LogP contribution is 2.29. The van der Waals surface area contributed by atoms with Crippen molar-refractivity contribution in [3.8, 4) is 17.0 Å². The summed E-state index contributed by atoms with van der Waals surface area (Å²) < 4.78 is 10.7. The fourth-order valence-corrected chi connectivity index (χ4v) is 4.48. The van der Waals surface area contributed by atoms with Gasteiger partial charge >= 0.3 is 6.09 Å². The zero-order valence-electron chi connectivity index (χ0n) is 20.0. The maximum atomic E-state index is 13.0. The summed E-state index contributed by atoms with van der Waals surface area (Å²) in [6.07, 6.45) is 1.36. The number of hydrogen-bond acceptors (Lipinski definition) is 7. The second-order valence-corrected chi connectivity index (χ2v) is 8.72. The van der Waals surface area contributed by atoms with Crippen LogP contribution in [0.5, 0.6) is 5.75 Å². The van der Waals surface area contributed by atoms with E-state index in [4.69, 9.17) is 9.47 Å². The molecule has 1 atom stereocenters. The molecule has 2 N–H and O–H groups in total. The van der Waals surface area contributed by atoms with E-state index in [2.05, 4.69) is 15.6 Å². The van der Waals surface area contributed by atoms with Crippen molar-refractivity contribution in [3.63, 3.8) is 0 Å². The molecule has 10 nitrogen and oxygen atoms in total. The van der Waals surface area contributed by atoms with Crippen molar-refractivity contribution in [2.45, 2.75) is 32.0 Å². The number of hydrogen-bond donors (Lipinski definition) is 2. The van der Waals surface area contributed by atoms with Gasteiger partial charge in [-0.15, -0.1) is 0 Å². The second-order valence-electron chi connectivity index (χ2n) is 8.72. The molecule has 0 bridgehead atoms. The predicted octanol–water partition coefficient (Wildman–Crippen LogP) is 3.27. The summed E-state index contributed by atoms with van der Waals surface area (Å²) >= 11 is 0. The number of carbonyl (C=O) groups is 4. The molecule has 37 heavy (non-hydrogen) atoms. The number of nitrogens with zero attached hydrogens (tertiary/aromatic N) is 2. The summed E-state index contributed by atoms with van der Waals surface area (Å²) in [7, 11) is 1.59. The molecule has 1 fully saturated rings. The SMILES string of the molecule is COc1ccccc1-c1ccc(NC(=O)OCc2ccc3c(c2)C(=O)N(C2CCC(=O)NC2=O)C3)cn1. The van der Waals surface area contributed by atoms with Crippen molar-refractivity contribution in [1.82, 2.24) is 15.2 Å². The molecule has 0 spiro atoms. The fraction of sp³-hybridized carbons (Fsp3) is 0.222. The number of anilines is 1. The number of imide groups is 1. The molecule has 2 aliphatic rings. The van der Waals surface area contributed by atoms with Gasteiger partial charge in [-0.2, -0.15) is 0 Å². The van der Waals surface area contributed by atoms with Crippen LogP contribution in [0.4, 0.5) is 10.5 Å². The third kappa shape index (κ3) is 4.99. The largest absolute Gasteiger partial charge is 0.496 e. The molecule has 0 aliphatic carbocycles. The Labute approximate surface area is 212 Å². The maximum absolute atomic E-state index is 13.0. The third-order valence-corrected chi connectivity index (χ3v) is 6.36. The molecule has 0 saturated carbocycles. The van der Waals surface area contributed by atoms with Gasteiger partial charge in [0, 0.05) is 24.1 Å². The number of pyridine rings is 1. The first-order valence-electron chi connectivity index (χ1n) is 11.7. The highest BCUT2D eigenvalue weighted by atomic mass is 16.5. The van der Waals surface area contributed by atoms with Crippen molar-refractivity contribution >= 4 is 29.5 Å². The average molecular weight is 501 g/mol. The Morgan fingerprint density at radius 3 is 2.70 bits per heavy atom. The first kappa shape index (κ1) is 24.0.